The number of aliphatic carboxylic acids is 1. The number of aldehydes is 1. The number of nitriles is 2. The molecular formula is C66H89Cl2F3N10O9. The molecule has 2 aliphatic heterocycles. The maximum Gasteiger partial charge on any atom is 0.446 e. The van der Waals surface area contributed by atoms with E-state index in [4.69, 9.17) is 66.8 Å². The van der Waals surface area contributed by atoms with Crippen LogP contribution in [0.1, 0.15) is 137 Å². The molecule has 4 aromatic rings. The van der Waals surface area contributed by atoms with Gasteiger partial charge in [-0.2, -0.15) is 23.7 Å². The van der Waals surface area contributed by atoms with Gasteiger partial charge in [0, 0.05) is 98.6 Å². The van der Waals surface area contributed by atoms with Crippen LogP contribution in [0.5, 0.6) is 0 Å². The minimum atomic E-state index is -4.64. The Morgan fingerprint density at radius 3 is 1.43 bits per heavy atom. The molecule has 0 unspecified atom stereocenters. The fourth-order valence-corrected chi connectivity index (χ4v) is 11.7. The van der Waals surface area contributed by atoms with Crippen LogP contribution in [0.4, 0.5) is 24.8 Å². The summed E-state index contributed by atoms with van der Waals surface area (Å²) >= 11 is 13.2. The van der Waals surface area contributed by atoms with E-state index in [0.717, 1.165) is 123 Å². The number of anilines is 2. The molecular weight excluding hydrogens is 1200 g/mol. The van der Waals surface area contributed by atoms with Gasteiger partial charge in [0.05, 0.1) is 57.6 Å². The van der Waals surface area contributed by atoms with Crippen molar-refractivity contribution in [2.24, 2.45) is 22.7 Å². The number of carbonyl (C=O) groups excluding carboxylic acids is 2. The topological polar surface area (TPSA) is 265 Å². The molecule has 5 N–H and O–H groups in total. The third-order valence-electron chi connectivity index (χ3n) is 16.6. The number of ether oxygens (including phenoxy) is 5. The lowest BCUT2D eigenvalue weighted by atomic mass is 9.82. The molecule has 2 saturated carbocycles. The number of carbonyl (C=O) groups is 3. The van der Waals surface area contributed by atoms with Crippen molar-refractivity contribution < 1.29 is 56.3 Å². The Labute approximate surface area is 537 Å². The van der Waals surface area contributed by atoms with Gasteiger partial charge in [-0.05, 0) is 187 Å². The van der Waals surface area contributed by atoms with E-state index in [2.05, 4.69) is 62.4 Å². The van der Waals surface area contributed by atoms with Crippen molar-refractivity contribution >= 4 is 53.1 Å². The van der Waals surface area contributed by atoms with Crippen LogP contribution in [0.3, 0.4) is 0 Å². The van der Waals surface area contributed by atoms with Crippen LogP contribution < -0.4 is 21.3 Å². The third kappa shape index (κ3) is 24.5. The lowest BCUT2D eigenvalue weighted by Crippen LogP contribution is -2.42. The van der Waals surface area contributed by atoms with Crippen molar-refractivity contribution in [2.45, 2.75) is 187 Å². The fraction of sp³-hybridized carbons (Fsp3) is 0.621. The van der Waals surface area contributed by atoms with E-state index >= 15 is 0 Å². The molecule has 0 bridgehead atoms. The van der Waals surface area contributed by atoms with E-state index in [1.54, 1.807) is 26.2 Å². The van der Waals surface area contributed by atoms with Gasteiger partial charge in [0.15, 0.2) is 12.2 Å². The van der Waals surface area contributed by atoms with Gasteiger partial charge in [-0.3, -0.25) is 14.8 Å². The van der Waals surface area contributed by atoms with E-state index in [0.29, 0.717) is 99.5 Å². The molecule has 492 valence electrons. The van der Waals surface area contributed by atoms with Gasteiger partial charge in [-0.15, -0.1) is 0 Å². The summed E-state index contributed by atoms with van der Waals surface area (Å²) in [6.45, 7) is 17.3. The lowest BCUT2D eigenvalue weighted by Gasteiger charge is -2.31. The molecule has 0 aromatic carbocycles. The first kappa shape index (κ1) is 73.0. The van der Waals surface area contributed by atoms with E-state index in [-0.39, 0.29) is 18.1 Å². The smallest absolute Gasteiger partial charge is 0.446 e. The molecule has 0 amide bonds. The van der Waals surface area contributed by atoms with E-state index in [1.165, 1.54) is 0 Å². The van der Waals surface area contributed by atoms with E-state index in [1.807, 2.05) is 64.1 Å². The summed E-state index contributed by atoms with van der Waals surface area (Å²) < 4.78 is 58.7. The minimum Gasteiger partial charge on any atom is -0.479 e. The molecule has 4 aromatic heterocycles. The molecule has 90 heavy (non-hydrogen) atoms. The maximum atomic E-state index is 12.2. The first-order chi connectivity index (χ1) is 42.8. The van der Waals surface area contributed by atoms with Crippen LogP contribution >= 0.6 is 23.2 Å². The molecule has 4 atom stereocenters. The van der Waals surface area contributed by atoms with Crippen LogP contribution in [-0.2, 0) is 50.9 Å². The standard InChI is InChI=1S/C34H48ClN5O4.C30H40ClN5O4.C2HF3O/c1-23(20-43-24(2)32(41)44-33(3,4)5)39-26-11-9-25(10-12-26)17-27-18-28(29(35)19-37-27)30-7-6-8-31(40-30)38-22-34(21-36)13-15-42-16-14-34;1-20(17-40-21(2)29(37)38)35-23-8-6-22(7-9-23)14-24-15-25(26(31)16-33-24)27-4-3-5-28(36-27)34-19-30(18-32)10-12-39-13-11-30;3-2(4,5)1-6/h6-8,18-19,23-26,39H,9-17,20,22H2,1-5H3,(H,38,40);3-5,15-16,20-23,35H,6-14,17,19H2,1-2H3,(H,34,36)(H,37,38);1H/t23-,24-,25?,26?;20-,21-,22?,23?;/m11./s1. The number of pyridine rings is 4. The third-order valence-corrected chi connectivity index (χ3v) is 17.2. The van der Waals surface area contributed by atoms with Gasteiger partial charge < -0.3 is 50.1 Å². The highest BCUT2D eigenvalue weighted by molar-refractivity contribution is 6.33. The second kappa shape index (κ2) is 35.1. The van der Waals surface area contributed by atoms with Gasteiger partial charge in [0.1, 0.15) is 17.2 Å². The summed E-state index contributed by atoms with van der Waals surface area (Å²) in [5, 5.41) is 43.6. The molecule has 4 fully saturated rings. The number of aromatic nitrogens is 4. The van der Waals surface area contributed by atoms with Crippen LogP contribution in [0.15, 0.2) is 60.9 Å². The summed E-state index contributed by atoms with van der Waals surface area (Å²) in [6, 6.07) is 21.8. The first-order valence-electron chi connectivity index (χ1n) is 31.2. The second-order valence-corrected chi connectivity index (χ2v) is 26.1. The number of nitrogens with one attached hydrogen (secondary N) is 4. The number of alkyl halides is 3. The fourth-order valence-electron chi connectivity index (χ4n) is 11.3. The Bertz CT molecular complexity index is 3010. The number of hydrogen-bond acceptors (Lipinski definition) is 18. The molecule has 24 heteroatoms. The summed E-state index contributed by atoms with van der Waals surface area (Å²) in [5.41, 5.74) is 3.92. The Balaban J connectivity index is 0.000000263. The van der Waals surface area contributed by atoms with Crippen molar-refractivity contribution in [3.63, 3.8) is 0 Å². The highest BCUT2D eigenvalue weighted by Crippen LogP contribution is 2.36. The van der Waals surface area contributed by atoms with Crippen LogP contribution in [-0.4, -0.2) is 144 Å². The van der Waals surface area contributed by atoms with Crippen molar-refractivity contribution in [1.29, 1.82) is 10.5 Å². The van der Waals surface area contributed by atoms with E-state index in [9.17, 15) is 33.3 Å². The molecule has 4 aliphatic rings. The van der Waals surface area contributed by atoms with Crippen molar-refractivity contribution in [3.8, 4) is 34.7 Å². The zero-order chi connectivity index (χ0) is 65.5. The van der Waals surface area contributed by atoms with E-state index < -0.39 is 47.1 Å². The molecule has 0 radical (unpaired) electrons. The van der Waals surface area contributed by atoms with Crippen molar-refractivity contribution in [2.75, 3.05) is 63.4 Å². The highest BCUT2D eigenvalue weighted by Gasteiger charge is 2.35. The number of carboxylic acids is 1. The number of carboxylic acid groups (broad SMARTS) is 1. The van der Waals surface area contributed by atoms with Crippen LogP contribution in [0, 0.1) is 45.3 Å². The van der Waals surface area contributed by atoms with Gasteiger partial charge in [0.25, 0.3) is 0 Å². The molecule has 0 spiro atoms. The lowest BCUT2D eigenvalue weighted by molar-refractivity contribution is -0.167. The number of halogens is 5. The number of rotatable bonds is 24. The second-order valence-electron chi connectivity index (χ2n) is 25.3. The molecule has 6 heterocycles. The van der Waals surface area contributed by atoms with Gasteiger partial charge >= 0.3 is 18.1 Å². The molecule has 8 rings (SSSR count). The number of esters is 1. The predicted molar refractivity (Wildman–Crippen MR) is 339 cm³/mol. The average molecular weight is 1290 g/mol. The van der Waals surface area contributed by atoms with Gasteiger partial charge in [-0.25, -0.2) is 19.6 Å². The van der Waals surface area contributed by atoms with Crippen molar-refractivity contribution in [1.82, 2.24) is 30.6 Å². The zero-order valence-electron chi connectivity index (χ0n) is 52.8. The summed E-state index contributed by atoms with van der Waals surface area (Å²) in [7, 11) is 0. The monoisotopic (exact) mass is 1290 g/mol. The Morgan fingerprint density at radius 2 is 1.08 bits per heavy atom. The molecule has 2 aliphatic carbocycles. The van der Waals surface area contributed by atoms with Crippen LogP contribution in [0.2, 0.25) is 10.0 Å². The Morgan fingerprint density at radius 1 is 0.689 bits per heavy atom. The normalized spacial score (nSPS) is 21.1. The number of nitrogens with zero attached hydrogens (tertiary/aromatic N) is 6. The largest absolute Gasteiger partial charge is 0.479 e. The van der Waals surface area contributed by atoms with Gasteiger partial charge in [-0.1, -0.05) is 35.3 Å². The summed E-state index contributed by atoms with van der Waals surface area (Å²) in [6.07, 6.45) is 9.73. The Kier molecular flexibility index (Phi) is 28.5. The minimum absolute atomic E-state index is 0.101. The summed E-state index contributed by atoms with van der Waals surface area (Å²) in [5.74, 6) is 1.27. The molecule has 19 nitrogen and oxygen atoms in total. The predicted octanol–water partition coefficient (Wildman–Crippen LogP) is 12.2. The summed E-state index contributed by atoms with van der Waals surface area (Å²) in [4.78, 5) is 50.7. The first-order valence-corrected chi connectivity index (χ1v) is 32.0. The van der Waals surface area contributed by atoms with Crippen LogP contribution in [0.25, 0.3) is 22.5 Å². The SMILES string of the molecule is C[C@H](CO[C@H](C)C(=O)O)NC1CCC(Cc2cc(-c3cccc(NCC4(C#N)CCOCC4)n3)c(Cl)cn2)CC1.C[C@H](CO[C@H](C)C(=O)OC(C)(C)C)NC1CCC(Cc2cc(-c3cccc(NCC4(C#N)CCOCC4)n3)c(Cl)cn2)CC1.O=CC(F)(F)F. The zero-order valence-corrected chi connectivity index (χ0v) is 54.3. The molecule has 2 saturated heterocycles. The number of hydrogen-bond donors (Lipinski definition) is 5. The maximum absolute atomic E-state index is 12.2. The Hall–Kier alpha value is -6.08. The van der Waals surface area contributed by atoms with Crippen molar-refractivity contribution in [3.05, 3.63) is 82.4 Å². The van der Waals surface area contributed by atoms with Gasteiger partial charge in [0.2, 0.25) is 6.29 Å². The average Bonchev–Trinajstić information content (AvgIpc) is 1.61. The quantitative estimate of drug-likeness (QED) is 0.0322. The highest BCUT2D eigenvalue weighted by atomic mass is 35.5.